The molecule has 0 aliphatic carbocycles. The highest BCUT2D eigenvalue weighted by atomic mass is 19.1. The number of H-pyrrole nitrogens is 1. The summed E-state index contributed by atoms with van der Waals surface area (Å²) in [6.45, 7) is 3.95. The number of amides is 1. The third kappa shape index (κ3) is 2.38. The fourth-order valence-corrected chi connectivity index (χ4v) is 2.28. The quantitative estimate of drug-likeness (QED) is 0.755. The van der Waals surface area contributed by atoms with Crippen LogP contribution in [0, 0.1) is 19.7 Å². The van der Waals surface area contributed by atoms with Gasteiger partial charge in [0, 0.05) is 23.0 Å². The van der Waals surface area contributed by atoms with E-state index >= 15 is 0 Å². The van der Waals surface area contributed by atoms with Crippen molar-refractivity contribution in [1.82, 2.24) is 9.97 Å². The molecule has 0 atom stereocenters. The Morgan fingerprint density at radius 3 is 2.62 bits per heavy atom. The van der Waals surface area contributed by atoms with Gasteiger partial charge in [0.1, 0.15) is 5.82 Å². The number of benzene rings is 1. The Labute approximate surface area is 121 Å². The predicted octanol–water partition coefficient (Wildman–Crippen LogP) is 3.57. The van der Waals surface area contributed by atoms with Crippen molar-refractivity contribution in [3.8, 4) is 0 Å². The average Bonchev–Trinajstić information content (AvgIpc) is 2.77. The number of nitrogens with zero attached hydrogens (tertiary/aromatic N) is 1. The predicted molar refractivity (Wildman–Crippen MR) is 79.9 cm³/mol. The van der Waals surface area contributed by atoms with Crippen molar-refractivity contribution in [3.63, 3.8) is 0 Å². The Morgan fingerprint density at radius 2 is 1.90 bits per heavy atom. The molecule has 0 radical (unpaired) electrons. The molecule has 0 bridgehead atoms. The molecule has 0 fully saturated rings. The van der Waals surface area contributed by atoms with Crippen LogP contribution in [0.5, 0.6) is 0 Å². The van der Waals surface area contributed by atoms with Crippen molar-refractivity contribution in [2.45, 2.75) is 13.8 Å². The highest BCUT2D eigenvalue weighted by Crippen LogP contribution is 2.23. The molecule has 0 saturated heterocycles. The van der Waals surface area contributed by atoms with Gasteiger partial charge >= 0.3 is 0 Å². The maximum absolute atomic E-state index is 12.9. The van der Waals surface area contributed by atoms with E-state index in [2.05, 4.69) is 15.3 Å². The zero-order chi connectivity index (χ0) is 15.0. The largest absolute Gasteiger partial charge is 0.356 e. The second-order valence-electron chi connectivity index (χ2n) is 4.92. The van der Waals surface area contributed by atoms with Gasteiger partial charge < -0.3 is 10.3 Å². The molecule has 0 aliphatic heterocycles. The van der Waals surface area contributed by atoms with E-state index in [0.29, 0.717) is 16.9 Å². The van der Waals surface area contributed by atoms with Crippen molar-refractivity contribution >= 4 is 22.5 Å². The molecular weight excluding hydrogens is 269 g/mol. The minimum absolute atomic E-state index is 0.326. The zero-order valence-corrected chi connectivity index (χ0v) is 11.7. The monoisotopic (exact) mass is 283 g/mol. The van der Waals surface area contributed by atoms with Crippen LogP contribution in [0.1, 0.15) is 21.7 Å². The number of hydrogen-bond acceptors (Lipinski definition) is 2. The number of halogens is 1. The Kier molecular flexibility index (Phi) is 3.17. The van der Waals surface area contributed by atoms with Gasteiger partial charge in [-0.15, -0.1) is 0 Å². The van der Waals surface area contributed by atoms with Crippen LogP contribution in [0.3, 0.4) is 0 Å². The summed E-state index contributed by atoms with van der Waals surface area (Å²) in [6.07, 6.45) is 1.61. The molecule has 2 N–H and O–H groups in total. The van der Waals surface area contributed by atoms with Gasteiger partial charge in [0.15, 0.2) is 5.69 Å². The molecule has 0 unspecified atom stereocenters. The molecule has 2 aromatic heterocycles. The molecule has 2 heterocycles. The Hall–Kier alpha value is -2.69. The standard InChI is InChI=1S/C16H14FN3O/c1-9-10(2)19-14-13(9)7-8-18-15(14)16(21)20-12-5-3-11(17)4-6-12/h3-8,19H,1-2H3,(H,20,21). The fourth-order valence-electron chi connectivity index (χ4n) is 2.28. The van der Waals surface area contributed by atoms with E-state index in [1.165, 1.54) is 24.3 Å². The molecule has 3 aromatic rings. The zero-order valence-electron chi connectivity index (χ0n) is 11.7. The van der Waals surface area contributed by atoms with Crippen molar-refractivity contribution in [2.75, 3.05) is 5.32 Å². The number of nitrogens with one attached hydrogen (secondary N) is 2. The van der Waals surface area contributed by atoms with Crippen molar-refractivity contribution in [3.05, 3.63) is 59.3 Å². The van der Waals surface area contributed by atoms with E-state index in [9.17, 15) is 9.18 Å². The number of carbonyl (C=O) groups is 1. The first-order chi connectivity index (χ1) is 10.1. The number of hydrogen-bond donors (Lipinski definition) is 2. The molecule has 0 spiro atoms. The average molecular weight is 283 g/mol. The van der Waals surface area contributed by atoms with Crippen LogP contribution in [0.4, 0.5) is 10.1 Å². The van der Waals surface area contributed by atoms with Gasteiger partial charge in [-0.1, -0.05) is 0 Å². The summed E-state index contributed by atoms with van der Waals surface area (Å²) < 4.78 is 12.9. The second kappa shape index (κ2) is 5.01. The molecule has 0 saturated carbocycles. The number of aromatic amines is 1. The van der Waals surface area contributed by atoms with Gasteiger partial charge in [-0.3, -0.25) is 4.79 Å². The highest BCUT2D eigenvalue weighted by Gasteiger charge is 2.15. The van der Waals surface area contributed by atoms with Crippen LogP contribution in [-0.4, -0.2) is 15.9 Å². The summed E-state index contributed by atoms with van der Waals surface area (Å²) >= 11 is 0. The Balaban J connectivity index is 1.98. The molecule has 0 aliphatic rings. The smallest absolute Gasteiger partial charge is 0.276 e. The van der Waals surface area contributed by atoms with Crippen LogP contribution in [0.15, 0.2) is 36.5 Å². The van der Waals surface area contributed by atoms with Crippen molar-refractivity contribution in [1.29, 1.82) is 0 Å². The number of carbonyl (C=O) groups excluding carboxylic acids is 1. The van der Waals surface area contributed by atoms with Crippen molar-refractivity contribution in [2.24, 2.45) is 0 Å². The number of fused-ring (bicyclic) bond motifs is 1. The maximum atomic E-state index is 12.9. The third-order valence-corrected chi connectivity index (χ3v) is 3.55. The summed E-state index contributed by atoms with van der Waals surface area (Å²) in [4.78, 5) is 19.7. The summed E-state index contributed by atoms with van der Waals surface area (Å²) in [5.74, 6) is -0.669. The number of aryl methyl sites for hydroxylation is 2. The van der Waals surface area contributed by atoms with E-state index in [0.717, 1.165) is 16.6 Å². The number of anilines is 1. The molecule has 1 amide bonds. The van der Waals surface area contributed by atoms with Crippen LogP contribution in [0.25, 0.3) is 10.9 Å². The molecular formula is C16H14FN3O. The van der Waals surface area contributed by atoms with Gasteiger partial charge in [-0.05, 0) is 49.7 Å². The van der Waals surface area contributed by atoms with E-state index in [1.54, 1.807) is 6.20 Å². The molecule has 21 heavy (non-hydrogen) atoms. The van der Waals surface area contributed by atoms with Gasteiger partial charge in [0.25, 0.3) is 5.91 Å². The van der Waals surface area contributed by atoms with Crippen LogP contribution < -0.4 is 5.32 Å². The lowest BCUT2D eigenvalue weighted by Gasteiger charge is -2.05. The normalized spacial score (nSPS) is 10.8. The van der Waals surface area contributed by atoms with E-state index < -0.39 is 0 Å². The van der Waals surface area contributed by atoms with Crippen LogP contribution in [-0.2, 0) is 0 Å². The lowest BCUT2D eigenvalue weighted by molar-refractivity contribution is 0.102. The summed E-state index contributed by atoms with van der Waals surface area (Å²) in [5, 5.41) is 3.70. The second-order valence-corrected chi connectivity index (χ2v) is 4.92. The van der Waals surface area contributed by atoms with Crippen LogP contribution >= 0.6 is 0 Å². The Bertz CT molecular complexity index is 821. The summed E-state index contributed by atoms with van der Waals surface area (Å²) in [7, 11) is 0. The molecule has 1 aromatic carbocycles. The first kappa shape index (κ1) is 13.3. The van der Waals surface area contributed by atoms with Gasteiger partial charge in [0.2, 0.25) is 0 Å². The summed E-state index contributed by atoms with van der Waals surface area (Å²) in [6, 6.07) is 7.50. The molecule has 106 valence electrons. The Morgan fingerprint density at radius 1 is 1.19 bits per heavy atom. The molecule has 4 nitrogen and oxygen atoms in total. The minimum Gasteiger partial charge on any atom is -0.356 e. The van der Waals surface area contributed by atoms with Gasteiger partial charge in [-0.2, -0.15) is 0 Å². The maximum Gasteiger partial charge on any atom is 0.276 e. The number of aromatic nitrogens is 2. The number of rotatable bonds is 2. The third-order valence-electron chi connectivity index (χ3n) is 3.55. The first-order valence-electron chi connectivity index (χ1n) is 6.57. The van der Waals surface area contributed by atoms with Crippen LogP contribution in [0.2, 0.25) is 0 Å². The number of pyridine rings is 1. The lowest BCUT2D eigenvalue weighted by atomic mass is 10.1. The molecule has 3 rings (SSSR count). The first-order valence-corrected chi connectivity index (χ1v) is 6.57. The topological polar surface area (TPSA) is 57.8 Å². The van der Waals surface area contributed by atoms with E-state index in [4.69, 9.17) is 0 Å². The van der Waals surface area contributed by atoms with Crippen molar-refractivity contribution < 1.29 is 9.18 Å². The lowest BCUT2D eigenvalue weighted by Crippen LogP contribution is -2.14. The summed E-state index contributed by atoms with van der Waals surface area (Å²) in [5.41, 5.74) is 3.68. The highest BCUT2D eigenvalue weighted by molar-refractivity contribution is 6.11. The minimum atomic E-state index is -0.344. The van der Waals surface area contributed by atoms with Gasteiger partial charge in [-0.25, -0.2) is 9.37 Å². The van der Waals surface area contributed by atoms with E-state index in [1.807, 2.05) is 19.9 Å². The SMILES string of the molecule is Cc1[nH]c2c(C(=O)Nc3ccc(F)cc3)nccc2c1C. The fraction of sp³-hybridized carbons (Fsp3) is 0.125. The van der Waals surface area contributed by atoms with E-state index in [-0.39, 0.29) is 11.7 Å². The molecule has 5 heteroatoms. The van der Waals surface area contributed by atoms with Gasteiger partial charge in [0.05, 0.1) is 5.52 Å².